The van der Waals surface area contributed by atoms with Gasteiger partial charge in [0.15, 0.2) is 0 Å². The SMILES string of the molecule is [2H]c1c([2H])c([2H])c(Br)c(F)c1[2H]. The van der Waals surface area contributed by atoms with Gasteiger partial charge >= 0.3 is 0 Å². The summed E-state index contributed by atoms with van der Waals surface area (Å²) in [6.45, 7) is 0. The summed E-state index contributed by atoms with van der Waals surface area (Å²) in [4.78, 5) is 0. The van der Waals surface area contributed by atoms with Crippen LogP contribution in [0.25, 0.3) is 0 Å². The lowest BCUT2D eigenvalue weighted by atomic mass is 10.4. The molecule has 0 fully saturated rings. The van der Waals surface area contributed by atoms with Crippen LogP contribution in [0.3, 0.4) is 0 Å². The summed E-state index contributed by atoms with van der Waals surface area (Å²) in [7, 11) is 0. The minimum Gasteiger partial charge on any atom is -0.206 e. The molecule has 0 saturated heterocycles. The van der Waals surface area contributed by atoms with Crippen molar-refractivity contribution in [2.45, 2.75) is 0 Å². The summed E-state index contributed by atoms with van der Waals surface area (Å²) < 4.78 is 41.0. The van der Waals surface area contributed by atoms with Crippen LogP contribution in [0, 0.1) is 5.82 Å². The van der Waals surface area contributed by atoms with E-state index >= 15 is 0 Å². The first-order valence-corrected chi connectivity index (χ1v) is 2.67. The summed E-state index contributed by atoms with van der Waals surface area (Å²) in [6, 6.07) is -2.04. The van der Waals surface area contributed by atoms with E-state index in [9.17, 15) is 4.39 Å². The van der Waals surface area contributed by atoms with E-state index < -0.39 is 30.0 Å². The molecule has 2 heteroatoms. The minimum absolute atomic E-state index is 0.228. The lowest BCUT2D eigenvalue weighted by molar-refractivity contribution is 0.621. The average Bonchev–Trinajstić information content (AvgIpc) is 2.08. The Morgan fingerprint density at radius 3 is 2.88 bits per heavy atom. The van der Waals surface area contributed by atoms with Crippen molar-refractivity contribution < 1.29 is 9.87 Å². The second-order valence-corrected chi connectivity index (χ2v) is 1.92. The van der Waals surface area contributed by atoms with Crippen molar-refractivity contribution >= 4 is 15.9 Å². The number of halogens is 2. The summed E-state index contributed by atoms with van der Waals surface area (Å²) >= 11 is 2.73. The fourth-order valence-electron chi connectivity index (χ4n) is 0.282. The minimum atomic E-state index is -0.957. The normalized spacial score (nSPS) is 16.2. The van der Waals surface area contributed by atoms with Crippen molar-refractivity contribution in [1.29, 1.82) is 0 Å². The van der Waals surface area contributed by atoms with Gasteiger partial charge in [-0.1, -0.05) is 12.1 Å². The van der Waals surface area contributed by atoms with Crippen LogP contribution in [0.4, 0.5) is 4.39 Å². The Morgan fingerprint density at radius 2 is 2.12 bits per heavy atom. The monoisotopic (exact) mass is 178 g/mol. The van der Waals surface area contributed by atoms with Crippen molar-refractivity contribution in [3.8, 4) is 0 Å². The predicted molar refractivity (Wildman–Crippen MR) is 34.1 cm³/mol. The quantitative estimate of drug-likeness (QED) is 0.574. The van der Waals surface area contributed by atoms with Crippen molar-refractivity contribution in [2.75, 3.05) is 0 Å². The van der Waals surface area contributed by atoms with Crippen LogP contribution in [-0.2, 0) is 0 Å². The van der Waals surface area contributed by atoms with E-state index in [4.69, 9.17) is 5.48 Å². The van der Waals surface area contributed by atoms with Crippen LogP contribution in [0.2, 0.25) is 0 Å². The van der Waals surface area contributed by atoms with Crippen LogP contribution in [0.1, 0.15) is 5.48 Å². The summed E-state index contributed by atoms with van der Waals surface area (Å²) in [5.74, 6) is -0.957. The van der Waals surface area contributed by atoms with Crippen LogP contribution >= 0.6 is 15.9 Å². The second kappa shape index (κ2) is 2.27. The van der Waals surface area contributed by atoms with E-state index in [0.717, 1.165) is 0 Å². The van der Waals surface area contributed by atoms with Crippen LogP contribution < -0.4 is 0 Å². The number of benzene rings is 1. The molecular weight excluding hydrogens is 171 g/mol. The Bertz CT molecular complexity index is 234. The Labute approximate surface area is 61.1 Å². The highest BCUT2D eigenvalue weighted by molar-refractivity contribution is 9.10. The lowest BCUT2D eigenvalue weighted by Gasteiger charge is -1.87. The molecule has 0 bridgehead atoms. The van der Waals surface area contributed by atoms with Gasteiger partial charge in [0, 0.05) is 0 Å². The highest BCUT2D eigenvalue weighted by Crippen LogP contribution is 2.12. The maximum absolute atomic E-state index is 12.9. The Kier molecular flexibility index (Phi) is 0.702. The van der Waals surface area contributed by atoms with Crippen molar-refractivity contribution in [2.24, 2.45) is 0 Å². The van der Waals surface area contributed by atoms with Crippen LogP contribution in [-0.4, -0.2) is 0 Å². The molecule has 1 aromatic rings. The van der Waals surface area contributed by atoms with E-state index in [1.165, 1.54) is 0 Å². The van der Waals surface area contributed by atoms with Gasteiger partial charge in [0.05, 0.1) is 9.96 Å². The molecule has 8 heavy (non-hydrogen) atoms. The zero-order chi connectivity index (χ0) is 9.46. The van der Waals surface area contributed by atoms with Crippen LogP contribution in [0.5, 0.6) is 0 Å². The molecule has 0 atom stereocenters. The largest absolute Gasteiger partial charge is 0.206 e. The Balaban J connectivity index is 3.60. The zero-order valence-corrected chi connectivity index (χ0v) is 5.34. The third-order valence-corrected chi connectivity index (χ3v) is 1.15. The molecule has 0 N–H and O–H groups in total. The first-order valence-electron chi connectivity index (χ1n) is 3.88. The third kappa shape index (κ3) is 1.07. The van der Waals surface area contributed by atoms with Gasteiger partial charge in [0.2, 0.25) is 0 Å². The van der Waals surface area contributed by atoms with Gasteiger partial charge in [-0.15, -0.1) is 0 Å². The van der Waals surface area contributed by atoms with E-state index in [2.05, 4.69) is 15.9 Å². The van der Waals surface area contributed by atoms with E-state index in [0.29, 0.717) is 0 Å². The summed E-state index contributed by atoms with van der Waals surface area (Å²) in [5.41, 5.74) is 0. The molecule has 42 valence electrons. The highest BCUT2D eigenvalue weighted by atomic mass is 79.9. The predicted octanol–water partition coefficient (Wildman–Crippen LogP) is 2.59. The molecule has 0 saturated carbocycles. The van der Waals surface area contributed by atoms with Crippen molar-refractivity contribution in [1.82, 2.24) is 0 Å². The summed E-state index contributed by atoms with van der Waals surface area (Å²) in [6.07, 6.45) is 0. The third-order valence-electron chi connectivity index (χ3n) is 0.600. The molecule has 0 radical (unpaired) electrons. The Hall–Kier alpha value is -0.370. The van der Waals surface area contributed by atoms with Gasteiger partial charge in [-0.05, 0) is 28.0 Å². The molecule has 0 aliphatic rings. The summed E-state index contributed by atoms with van der Waals surface area (Å²) in [5, 5.41) is 0. The van der Waals surface area contributed by atoms with Crippen molar-refractivity contribution in [3.63, 3.8) is 0 Å². The smallest absolute Gasteiger partial charge is 0.137 e. The van der Waals surface area contributed by atoms with Gasteiger partial charge in [0.1, 0.15) is 5.82 Å². The lowest BCUT2D eigenvalue weighted by Crippen LogP contribution is -1.70. The van der Waals surface area contributed by atoms with Crippen molar-refractivity contribution in [3.05, 3.63) is 34.5 Å². The van der Waals surface area contributed by atoms with Gasteiger partial charge in [0.25, 0.3) is 0 Å². The molecule has 0 aromatic heterocycles. The molecule has 0 amide bonds. The molecule has 0 aliphatic carbocycles. The molecule has 0 nitrogen and oxygen atoms in total. The zero-order valence-electron chi connectivity index (χ0n) is 7.76. The number of hydrogen-bond acceptors (Lipinski definition) is 0. The fraction of sp³-hybridized carbons (Fsp3) is 0. The maximum Gasteiger partial charge on any atom is 0.137 e. The topological polar surface area (TPSA) is 0 Å². The Morgan fingerprint density at radius 1 is 1.50 bits per heavy atom. The second-order valence-electron chi connectivity index (χ2n) is 1.13. The average molecular weight is 179 g/mol. The van der Waals surface area contributed by atoms with Gasteiger partial charge < -0.3 is 0 Å². The number of rotatable bonds is 0. The molecule has 1 rings (SSSR count). The molecule has 0 unspecified atom stereocenters. The first kappa shape index (κ1) is 2.48. The van der Waals surface area contributed by atoms with E-state index in [1.807, 2.05) is 0 Å². The van der Waals surface area contributed by atoms with E-state index in [1.54, 1.807) is 0 Å². The maximum atomic E-state index is 12.9. The number of hydrogen-bond donors (Lipinski definition) is 0. The van der Waals surface area contributed by atoms with E-state index in [-0.39, 0.29) is 4.47 Å². The first-order chi connectivity index (χ1) is 5.46. The fourth-order valence-corrected chi connectivity index (χ4v) is 0.480. The van der Waals surface area contributed by atoms with Gasteiger partial charge in [-0.3, -0.25) is 0 Å². The molecular formula is C6H4BrF. The molecule has 0 aliphatic heterocycles. The van der Waals surface area contributed by atoms with Gasteiger partial charge in [-0.25, -0.2) is 4.39 Å². The van der Waals surface area contributed by atoms with Crippen LogP contribution in [0.15, 0.2) is 28.6 Å². The molecule has 0 heterocycles. The molecule has 1 aromatic carbocycles. The standard InChI is InChI=1S/C6H4BrF/c7-5-3-1-2-4-6(5)8/h1-4H/i1D,2D,3D,4D. The highest BCUT2D eigenvalue weighted by Gasteiger charge is 1.90. The van der Waals surface area contributed by atoms with Gasteiger partial charge in [-0.2, -0.15) is 0 Å². The molecule has 0 spiro atoms.